The van der Waals surface area contributed by atoms with E-state index in [2.05, 4.69) is 285 Å². The summed E-state index contributed by atoms with van der Waals surface area (Å²) in [6, 6.07) is 120. The summed E-state index contributed by atoms with van der Waals surface area (Å²) in [6.45, 7) is 0. The van der Waals surface area contributed by atoms with Crippen LogP contribution in [0.15, 0.2) is 340 Å². The van der Waals surface area contributed by atoms with Crippen LogP contribution in [0.2, 0.25) is 0 Å². The van der Waals surface area contributed by atoms with E-state index < -0.39 is 0 Å². The highest BCUT2D eigenvalue weighted by atomic mass is 16.5. The maximum Gasteiger partial charge on any atom is 0.120 e. The number of ether oxygens (including phenoxy) is 8. The van der Waals surface area contributed by atoms with Gasteiger partial charge < -0.3 is 37.9 Å². The lowest BCUT2D eigenvalue weighted by Gasteiger charge is -2.24. The Morgan fingerprint density at radius 2 is 0.357 bits per heavy atom. The molecule has 0 saturated heterocycles. The lowest BCUT2D eigenvalue weighted by molar-refractivity contribution is 0.414. The van der Waals surface area contributed by atoms with E-state index in [0.29, 0.717) is 0 Å². The van der Waals surface area contributed by atoms with E-state index in [0.717, 1.165) is 205 Å². The minimum absolute atomic E-state index is 0.770. The first-order valence-corrected chi connectivity index (χ1v) is 37.4. The van der Waals surface area contributed by atoms with Gasteiger partial charge in [-0.3, -0.25) is 0 Å². The molecule has 112 heavy (non-hydrogen) atoms. The van der Waals surface area contributed by atoms with Crippen LogP contribution in [0.1, 0.15) is 0 Å². The first-order chi connectivity index (χ1) is 55.2. The van der Waals surface area contributed by atoms with E-state index in [1.165, 1.54) is 16.5 Å². The van der Waals surface area contributed by atoms with Gasteiger partial charge in [0.15, 0.2) is 0 Å². The van der Waals surface area contributed by atoms with Crippen molar-refractivity contribution in [1.29, 1.82) is 0 Å². The van der Waals surface area contributed by atoms with Crippen LogP contribution in [0.5, 0.6) is 46.0 Å². The maximum absolute atomic E-state index is 6.20. The highest BCUT2D eigenvalue weighted by Gasteiger charge is 2.29. The summed E-state index contributed by atoms with van der Waals surface area (Å²) in [5.41, 5.74) is 22.4. The van der Waals surface area contributed by atoms with Crippen LogP contribution in [0, 0.1) is 0 Å². The fourth-order valence-electron chi connectivity index (χ4n) is 16.3. The summed E-state index contributed by atoms with van der Waals surface area (Å²) in [7, 11) is 13.7. The predicted molar refractivity (Wildman–Crippen MR) is 465 cm³/mol. The fourth-order valence-corrected chi connectivity index (χ4v) is 16.3. The van der Waals surface area contributed by atoms with Crippen LogP contribution in [0.3, 0.4) is 0 Å². The molecule has 0 aliphatic heterocycles. The highest BCUT2D eigenvalue weighted by Crippen LogP contribution is 2.56. The van der Waals surface area contributed by atoms with Gasteiger partial charge in [0.2, 0.25) is 0 Å². The normalized spacial score (nSPS) is 11.2. The second-order valence-electron chi connectivity index (χ2n) is 27.8. The van der Waals surface area contributed by atoms with Crippen molar-refractivity contribution in [2.45, 2.75) is 0 Å². The predicted octanol–water partition coefficient (Wildman–Crippen LogP) is 27.0. The van der Waals surface area contributed by atoms with Crippen LogP contribution in [0.25, 0.3) is 176 Å². The number of hydrogen-bond donors (Lipinski definition) is 0. The summed E-state index contributed by atoms with van der Waals surface area (Å²) >= 11 is 0. The molecular weight excluding hydrogens is 1380 g/mol. The molecular formula is C104H80O8. The second kappa shape index (κ2) is 30.9. The zero-order valence-electron chi connectivity index (χ0n) is 63.6. The molecule has 18 aromatic rings. The summed E-state index contributed by atoms with van der Waals surface area (Å²) in [5.74, 6) is 6.39. The van der Waals surface area contributed by atoms with Crippen LogP contribution in [0.4, 0.5) is 0 Å². The molecule has 0 saturated carbocycles. The van der Waals surface area contributed by atoms with Gasteiger partial charge in [0, 0.05) is 0 Å². The smallest absolute Gasteiger partial charge is 0.120 e. The SMILES string of the molecule is COc1ccc(-c2cc(OC)cc3c(-c4ccc(-c5ccccc5)cc4)c4c(-c5ccc(OC)cc5)c5ccc(OC)cc5cc4c(-c4ccc(-c5ccccc5)cc4)c23)cc1.COc1ccc(-c2cc(OC)cc3c(-c4ccccc4)c4c(-c5ccc(OC)cc5)c5ccc(OC)cc5cc4c(-c4ccccc4)c23)cc1. The quantitative estimate of drug-likeness (QED) is 0.0787. The Hall–Kier alpha value is -14.1. The Morgan fingerprint density at radius 1 is 0.143 bits per heavy atom. The van der Waals surface area contributed by atoms with Gasteiger partial charge in [-0.15, -0.1) is 0 Å². The molecule has 0 unspecified atom stereocenters. The van der Waals surface area contributed by atoms with E-state index in [-0.39, 0.29) is 0 Å². The van der Waals surface area contributed by atoms with E-state index in [9.17, 15) is 0 Å². The number of methoxy groups -OCH3 is 8. The highest BCUT2D eigenvalue weighted by molar-refractivity contribution is 6.33. The van der Waals surface area contributed by atoms with Gasteiger partial charge in [-0.25, -0.2) is 0 Å². The van der Waals surface area contributed by atoms with Crippen molar-refractivity contribution in [3.8, 4) is 157 Å². The van der Waals surface area contributed by atoms with Crippen molar-refractivity contribution in [2.24, 2.45) is 0 Å². The minimum Gasteiger partial charge on any atom is -0.497 e. The molecule has 18 rings (SSSR count). The van der Waals surface area contributed by atoms with Crippen LogP contribution < -0.4 is 37.9 Å². The standard InChI is InChI=1S/C58H44O4.C46H36O4/c1-59-46-27-23-41(24-28-46)51-35-49(62-4)36-53-56(43-21-17-40(18-22-43)38-13-9-6-10-14-38)58-52(55(57(51)53)42-19-15-39(16-20-42)37-11-7-5-8-12-37)34-45-33-48(61-3)31-32-50(45)54(58)44-25-29-47(60-2)30-26-44;1-47-34-19-15-29(16-20-34)39-27-37(50-4)28-41-44(31-13-9-6-10-14-31)46-40(43(45(39)41)30-11-7-5-8-12-30)26-33-25-36(49-3)23-24-38(33)42(46)32-17-21-35(48-2)22-18-32/h5-36H,1-4H3;5-28H,1-4H3. The molecule has 8 heteroatoms. The molecule has 0 amide bonds. The Balaban J connectivity index is 0.000000166. The molecule has 8 nitrogen and oxygen atoms in total. The first-order valence-electron chi connectivity index (χ1n) is 37.4. The average Bonchev–Trinajstić information content (AvgIpc) is 0.707. The van der Waals surface area contributed by atoms with Crippen molar-refractivity contribution in [3.05, 3.63) is 340 Å². The Kier molecular flexibility index (Phi) is 19.5. The monoisotopic (exact) mass is 1460 g/mol. The fraction of sp³-hybridized carbons (Fsp3) is 0.0769. The topological polar surface area (TPSA) is 73.8 Å². The van der Waals surface area contributed by atoms with Gasteiger partial charge in [0.25, 0.3) is 0 Å². The van der Waals surface area contributed by atoms with Crippen LogP contribution in [-0.2, 0) is 0 Å². The Morgan fingerprint density at radius 3 is 0.652 bits per heavy atom. The zero-order chi connectivity index (χ0) is 76.3. The molecule has 0 aliphatic rings. The zero-order valence-corrected chi connectivity index (χ0v) is 63.6. The van der Waals surface area contributed by atoms with Gasteiger partial charge in [-0.05, 0) is 285 Å². The molecule has 18 aromatic carbocycles. The van der Waals surface area contributed by atoms with Crippen molar-refractivity contribution in [3.63, 3.8) is 0 Å². The Bertz CT molecular complexity index is 6490. The summed E-state index contributed by atoms with van der Waals surface area (Å²) in [4.78, 5) is 0. The van der Waals surface area contributed by atoms with E-state index in [4.69, 9.17) is 37.9 Å². The van der Waals surface area contributed by atoms with Crippen molar-refractivity contribution < 1.29 is 37.9 Å². The molecule has 0 aromatic heterocycles. The average molecular weight is 1460 g/mol. The lowest BCUT2D eigenvalue weighted by atomic mass is 9.79. The summed E-state index contributed by atoms with van der Waals surface area (Å²) in [6.07, 6.45) is 0. The van der Waals surface area contributed by atoms with Crippen molar-refractivity contribution in [1.82, 2.24) is 0 Å². The molecule has 0 spiro atoms. The molecule has 0 N–H and O–H groups in total. The second-order valence-corrected chi connectivity index (χ2v) is 27.8. The maximum atomic E-state index is 6.20. The molecule has 0 bridgehead atoms. The van der Waals surface area contributed by atoms with Crippen LogP contribution in [-0.4, -0.2) is 56.9 Å². The Labute approximate surface area is 652 Å². The number of hydrogen-bond acceptors (Lipinski definition) is 8. The molecule has 544 valence electrons. The van der Waals surface area contributed by atoms with Crippen molar-refractivity contribution >= 4 is 64.6 Å². The van der Waals surface area contributed by atoms with E-state index in [1.54, 1.807) is 56.9 Å². The summed E-state index contributed by atoms with van der Waals surface area (Å²) < 4.78 is 46.4. The molecule has 0 aliphatic carbocycles. The van der Waals surface area contributed by atoms with Gasteiger partial charge in [-0.1, -0.05) is 231 Å². The first kappa shape index (κ1) is 70.9. The molecule has 0 atom stereocenters. The third-order valence-corrected chi connectivity index (χ3v) is 21.7. The molecule has 0 fully saturated rings. The van der Waals surface area contributed by atoms with Gasteiger partial charge in [0.05, 0.1) is 56.9 Å². The third kappa shape index (κ3) is 13.2. The van der Waals surface area contributed by atoms with Gasteiger partial charge in [0.1, 0.15) is 46.0 Å². The minimum atomic E-state index is 0.770. The van der Waals surface area contributed by atoms with Gasteiger partial charge in [-0.2, -0.15) is 0 Å². The summed E-state index contributed by atoms with van der Waals surface area (Å²) in [5, 5.41) is 13.5. The van der Waals surface area contributed by atoms with E-state index >= 15 is 0 Å². The van der Waals surface area contributed by atoms with Gasteiger partial charge >= 0.3 is 0 Å². The number of fused-ring (bicyclic) bond motifs is 6. The number of benzene rings is 18. The van der Waals surface area contributed by atoms with Crippen LogP contribution >= 0.6 is 0 Å². The molecule has 0 radical (unpaired) electrons. The molecule has 0 heterocycles. The van der Waals surface area contributed by atoms with E-state index in [1.807, 2.05) is 54.6 Å². The third-order valence-electron chi connectivity index (χ3n) is 21.7. The number of rotatable bonds is 18. The van der Waals surface area contributed by atoms with Crippen molar-refractivity contribution in [2.75, 3.05) is 56.9 Å². The lowest BCUT2D eigenvalue weighted by Crippen LogP contribution is -1.98. The largest absolute Gasteiger partial charge is 0.497 e.